The van der Waals surface area contributed by atoms with E-state index in [4.69, 9.17) is 17.3 Å². The van der Waals surface area contributed by atoms with E-state index in [1.165, 1.54) is 17.7 Å². The molecule has 2 N–H and O–H groups in total. The van der Waals surface area contributed by atoms with Crippen molar-refractivity contribution in [3.05, 3.63) is 70.0 Å². The first-order valence-electron chi connectivity index (χ1n) is 5.35. The van der Waals surface area contributed by atoms with Crippen LogP contribution in [-0.2, 0) is 0 Å². The van der Waals surface area contributed by atoms with Gasteiger partial charge in [0.15, 0.2) is 0 Å². The summed E-state index contributed by atoms with van der Waals surface area (Å²) in [5, 5.41) is 0.359. The predicted molar refractivity (Wildman–Crippen MR) is 68.6 cm³/mol. The van der Waals surface area contributed by atoms with E-state index in [0.717, 1.165) is 11.1 Å². The molecule has 1 atom stereocenters. The Hall–Kier alpha value is -1.38. The predicted octanol–water partition coefficient (Wildman–Crippen LogP) is 3.84. The van der Waals surface area contributed by atoms with Gasteiger partial charge >= 0.3 is 0 Å². The molecule has 0 bridgehead atoms. The number of aryl methyl sites for hydroxylation is 1. The fourth-order valence-corrected chi connectivity index (χ4v) is 1.99. The zero-order valence-corrected chi connectivity index (χ0v) is 10.2. The minimum atomic E-state index is -0.352. The molecule has 0 aliphatic heterocycles. The second kappa shape index (κ2) is 4.86. The molecule has 0 saturated carbocycles. The Morgan fingerprint density at radius 3 is 2.35 bits per heavy atom. The van der Waals surface area contributed by atoms with Gasteiger partial charge in [-0.05, 0) is 30.2 Å². The molecule has 0 spiro atoms. The summed E-state index contributed by atoms with van der Waals surface area (Å²) in [6, 6.07) is 11.9. The van der Waals surface area contributed by atoms with E-state index in [1.54, 1.807) is 6.07 Å². The maximum absolute atomic E-state index is 12.9. The molecule has 17 heavy (non-hydrogen) atoms. The summed E-state index contributed by atoms with van der Waals surface area (Å²) >= 11 is 5.99. The molecule has 0 aliphatic rings. The minimum absolute atomic E-state index is 0.330. The minimum Gasteiger partial charge on any atom is -0.320 e. The van der Waals surface area contributed by atoms with Gasteiger partial charge in [-0.2, -0.15) is 0 Å². The van der Waals surface area contributed by atoms with Crippen LogP contribution in [0.3, 0.4) is 0 Å². The van der Waals surface area contributed by atoms with Crippen LogP contribution < -0.4 is 5.73 Å². The largest absolute Gasteiger partial charge is 0.320 e. The van der Waals surface area contributed by atoms with Crippen LogP contribution >= 0.6 is 11.6 Å². The van der Waals surface area contributed by atoms with Crippen LogP contribution in [0.1, 0.15) is 22.7 Å². The highest BCUT2D eigenvalue weighted by molar-refractivity contribution is 6.31. The van der Waals surface area contributed by atoms with Gasteiger partial charge in [-0.1, -0.05) is 47.5 Å². The van der Waals surface area contributed by atoms with Crippen molar-refractivity contribution < 1.29 is 4.39 Å². The fourth-order valence-electron chi connectivity index (χ4n) is 1.71. The molecule has 0 unspecified atom stereocenters. The lowest BCUT2D eigenvalue weighted by Gasteiger charge is -2.14. The van der Waals surface area contributed by atoms with Crippen LogP contribution in [0.2, 0.25) is 5.02 Å². The number of halogens is 2. The molecule has 0 radical (unpaired) electrons. The van der Waals surface area contributed by atoms with Crippen molar-refractivity contribution in [2.45, 2.75) is 13.0 Å². The van der Waals surface area contributed by atoms with Crippen molar-refractivity contribution >= 4 is 11.6 Å². The smallest absolute Gasteiger partial charge is 0.124 e. The van der Waals surface area contributed by atoms with Crippen molar-refractivity contribution in [3.63, 3.8) is 0 Å². The van der Waals surface area contributed by atoms with E-state index < -0.39 is 0 Å². The summed E-state index contributed by atoms with van der Waals surface area (Å²) in [7, 11) is 0. The summed E-state index contributed by atoms with van der Waals surface area (Å²) in [5.74, 6) is -0.352. The lowest BCUT2D eigenvalue weighted by Crippen LogP contribution is -2.12. The van der Waals surface area contributed by atoms with E-state index >= 15 is 0 Å². The number of hydrogen-bond donors (Lipinski definition) is 1. The van der Waals surface area contributed by atoms with Crippen LogP contribution in [0, 0.1) is 12.7 Å². The quantitative estimate of drug-likeness (QED) is 0.860. The number of benzene rings is 2. The second-order valence-corrected chi connectivity index (χ2v) is 4.46. The lowest BCUT2D eigenvalue weighted by molar-refractivity contribution is 0.626. The SMILES string of the molecule is Cc1ccc([C@H](N)c2ccc(F)cc2Cl)cc1. The molecule has 88 valence electrons. The van der Waals surface area contributed by atoms with Gasteiger partial charge in [0, 0.05) is 5.02 Å². The van der Waals surface area contributed by atoms with Crippen LogP contribution in [0.15, 0.2) is 42.5 Å². The van der Waals surface area contributed by atoms with Gasteiger partial charge in [-0.25, -0.2) is 4.39 Å². The average Bonchev–Trinajstić information content (AvgIpc) is 2.29. The summed E-state index contributed by atoms with van der Waals surface area (Å²) in [6.45, 7) is 2.01. The number of rotatable bonds is 2. The molecular weight excluding hydrogens is 237 g/mol. The molecule has 0 aliphatic carbocycles. The van der Waals surface area contributed by atoms with Gasteiger partial charge in [0.1, 0.15) is 5.82 Å². The van der Waals surface area contributed by atoms with Gasteiger partial charge in [0.25, 0.3) is 0 Å². The normalized spacial score (nSPS) is 12.5. The third-order valence-corrected chi connectivity index (χ3v) is 3.06. The third kappa shape index (κ3) is 2.65. The van der Waals surface area contributed by atoms with E-state index in [2.05, 4.69) is 0 Å². The van der Waals surface area contributed by atoms with Gasteiger partial charge in [0.05, 0.1) is 6.04 Å². The molecule has 0 amide bonds. The van der Waals surface area contributed by atoms with Crippen LogP contribution in [0.4, 0.5) is 4.39 Å². The second-order valence-electron chi connectivity index (χ2n) is 4.05. The van der Waals surface area contributed by atoms with Crippen LogP contribution in [0.25, 0.3) is 0 Å². The Morgan fingerprint density at radius 1 is 1.12 bits per heavy atom. The molecule has 0 fully saturated rings. The van der Waals surface area contributed by atoms with Crippen LogP contribution in [0.5, 0.6) is 0 Å². The highest BCUT2D eigenvalue weighted by Crippen LogP contribution is 2.27. The van der Waals surface area contributed by atoms with Gasteiger partial charge in [0.2, 0.25) is 0 Å². The molecular formula is C14H13ClFN. The average molecular weight is 250 g/mol. The first-order valence-corrected chi connectivity index (χ1v) is 5.73. The van der Waals surface area contributed by atoms with Gasteiger partial charge in [-0.15, -0.1) is 0 Å². The number of nitrogens with two attached hydrogens (primary N) is 1. The van der Waals surface area contributed by atoms with E-state index in [0.29, 0.717) is 5.02 Å². The van der Waals surface area contributed by atoms with Crippen molar-refractivity contribution in [1.29, 1.82) is 0 Å². The molecule has 0 heterocycles. The zero-order valence-electron chi connectivity index (χ0n) is 9.45. The first kappa shape index (κ1) is 12.1. The summed E-state index contributed by atoms with van der Waals surface area (Å²) in [6.07, 6.45) is 0. The van der Waals surface area contributed by atoms with Gasteiger partial charge in [-0.3, -0.25) is 0 Å². The number of hydrogen-bond acceptors (Lipinski definition) is 1. The molecule has 2 rings (SSSR count). The zero-order chi connectivity index (χ0) is 12.4. The van der Waals surface area contributed by atoms with Crippen molar-refractivity contribution in [2.24, 2.45) is 5.73 Å². The topological polar surface area (TPSA) is 26.0 Å². The highest BCUT2D eigenvalue weighted by Gasteiger charge is 2.12. The molecule has 1 nitrogen and oxygen atoms in total. The van der Waals surface area contributed by atoms with Crippen molar-refractivity contribution in [3.8, 4) is 0 Å². The van der Waals surface area contributed by atoms with Crippen molar-refractivity contribution in [1.82, 2.24) is 0 Å². The monoisotopic (exact) mass is 249 g/mol. The van der Waals surface area contributed by atoms with E-state index in [1.807, 2.05) is 31.2 Å². The summed E-state index contributed by atoms with van der Waals surface area (Å²) in [5.41, 5.74) is 8.98. The summed E-state index contributed by atoms with van der Waals surface area (Å²) < 4.78 is 12.9. The Morgan fingerprint density at radius 2 is 1.76 bits per heavy atom. The van der Waals surface area contributed by atoms with E-state index in [9.17, 15) is 4.39 Å². The van der Waals surface area contributed by atoms with Crippen LogP contribution in [-0.4, -0.2) is 0 Å². The van der Waals surface area contributed by atoms with E-state index in [-0.39, 0.29) is 11.9 Å². The molecule has 2 aromatic carbocycles. The molecule has 0 aromatic heterocycles. The Bertz CT molecular complexity index is 522. The molecule has 0 saturated heterocycles. The molecule has 3 heteroatoms. The lowest BCUT2D eigenvalue weighted by atomic mass is 9.99. The third-order valence-electron chi connectivity index (χ3n) is 2.73. The fraction of sp³-hybridized carbons (Fsp3) is 0.143. The molecule has 2 aromatic rings. The Kier molecular flexibility index (Phi) is 3.46. The Balaban J connectivity index is 2.36. The Labute approximate surface area is 105 Å². The maximum atomic E-state index is 12.9. The standard InChI is InChI=1S/C14H13ClFN/c1-9-2-4-10(5-3-9)14(17)12-7-6-11(16)8-13(12)15/h2-8,14H,17H2,1H3/t14-/m0/s1. The van der Waals surface area contributed by atoms with Gasteiger partial charge < -0.3 is 5.73 Å². The first-order chi connectivity index (χ1) is 8.08. The maximum Gasteiger partial charge on any atom is 0.124 e. The summed E-state index contributed by atoms with van der Waals surface area (Å²) in [4.78, 5) is 0. The van der Waals surface area contributed by atoms with Crippen molar-refractivity contribution in [2.75, 3.05) is 0 Å². The highest BCUT2D eigenvalue weighted by atomic mass is 35.5.